The van der Waals surface area contributed by atoms with E-state index in [1.807, 2.05) is 30.3 Å². The fourth-order valence-corrected chi connectivity index (χ4v) is 3.00. The molecule has 0 saturated carbocycles. The van der Waals surface area contributed by atoms with E-state index in [4.69, 9.17) is 5.11 Å². The molecule has 0 radical (unpaired) electrons. The van der Waals surface area contributed by atoms with E-state index in [1.165, 1.54) is 6.07 Å². The first-order chi connectivity index (χ1) is 10.2. The van der Waals surface area contributed by atoms with Crippen molar-refractivity contribution < 1.29 is 14.7 Å². The number of carboxylic acids is 1. The van der Waals surface area contributed by atoms with Crippen molar-refractivity contribution in [3.8, 4) is 11.1 Å². The SMILES string of the molecule is O=C(O)c1ccc2c(c1)C(=O)c1cccc3cccc-2c13. The maximum absolute atomic E-state index is 12.7. The monoisotopic (exact) mass is 274 g/mol. The molecular formula is C18H10O3. The average molecular weight is 274 g/mol. The molecule has 3 aromatic rings. The highest BCUT2D eigenvalue weighted by Crippen LogP contribution is 2.39. The van der Waals surface area contributed by atoms with E-state index in [0.29, 0.717) is 11.1 Å². The van der Waals surface area contributed by atoms with Crippen LogP contribution in [0.5, 0.6) is 0 Å². The lowest BCUT2D eigenvalue weighted by molar-refractivity contribution is 0.0697. The van der Waals surface area contributed by atoms with Crippen LogP contribution >= 0.6 is 0 Å². The first-order valence-corrected chi connectivity index (χ1v) is 6.61. The number of carbonyl (C=O) groups is 2. The molecule has 0 fully saturated rings. The Morgan fingerprint density at radius 2 is 1.52 bits per heavy atom. The lowest BCUT2D eigenvalue weighted by Gasteiger charge is -2.20. The second kappa shape index (κ2) is 4.03. The zero-order chi connectivity index (χ0) is 14.6. The first-order valence-electron chi connectivity index (χ1n) is 6.61. The van der Waals surface area contributed by atoms with Crippen molar-refractivity contribution in [2.24, 2.45) is 0 Å². The van der Waals surface area contributed by atoms with Crippen LogP contribution in [0.1, 0.15) is 26.3 Å². The van der Waals surface area contributed by atoms with Gasteiger partial charge in [0.05, 0.1) is 5.56 Å². The quantitative estimate of drug-likeness (QED) is 0.575. The Morgan fingerprint density at radius 3 is 2.24 bits per heavy atom. The molecule has 0 bridgehead atoms. The number of hydrogen-bond acceptors (Lipinski definition) is 2. The average Bonchev–Trinajstić information content (AvgIpc) is 2.51. The molecule has 21 heavy (non-hydrogen) atoms. The van der Waals surface area contributed by atoms with Crippen molar-refractivity contribution in [3.05, 3.63) is 71.3 Å². The van der Waals surface area contributed by atoms with E-state index < -0.39 is 5.97 Å². The number of ketones is 1. The van der Waals surface area contributed by atoms with Gasteiger partial charge in [-0.05, 0) is 28.6 Å². The van der Waals surface area contributed by atoms with E-state index in [0.717, 1.165) is 21.9 Å². The maximum Gasteiger partial charge on any atom is 0.335 e. The van der Waals surface area contributed by atoms with Gasteiger partial charge in [0.15, 0.2) is 5.78 Å². The van der Waals surface area contributed by atoms with Crippen LogP contribution < -0.4 is 0 Å². The molecule has 0 unspecified atom stereocenters. The first kappa shape index (κ1) is 11.9. The summed E-state index contributed by atoms with van der Waals surface area (Å²) in [7, 11) is 0. The van der Waals surface area contributed by atoms with Gasteiger partial charge in [-0.1, -0.05) is 42.5 Å². The molecule has 0 aromatic heterocycles. The van der Waals surface area contributed by atoms with E-state index in [-0.39, 0.29) is 11.3 Å². The van der Waals surface area contributed by atoms with E-state index in [1.54, 1.807) is 18.2 Å². The standard InChI is InChI=1S/C18H10O3/c19-17-14-6-2-4-10-3-1-5-13(16(10)14)12-8-7-11(18(20)21)9-15(12)17/h1-9H,(H,20,21). The Bertz CT molecular complexity index is 933. The fourth-order valence-electron chi connectivity index (χ4n) is 3.00. The van der Waals surface area contributed by atoms with Gasteiger partial charge >= 0.3 is 5.97 Å². The van der Waals surface area contributed by atoms with Gasteiger partial charge < -0.3 is 5.11 Å². The van der Waals surface area contributed by atoms with Gasteiger partial charge in [0.25, 0.3) is 0 Å². The molecule has 1 N–H and O–H groups in total. The predicted octanol–water partition coefficient (Wildman–Crippen LogP) is 3.75. The van der Waals surface area contributed by atoms with Gasteiger partial charge in [0.2, 0.25) is 0 Å². The molecule has 0 saturated heterocycles. The summed E-state index contributed by atoms with van der Waals surface area (Å²) in [4.78, 5) is 23.8. The summed E-state index contributed by atoms with van der Waals surface area (Å²) in [6, 6.07) is 16.3. The second-order valence-electron chi connectivity index (χ2n) is 5.10. The molecule has 0 spiro atoms. The number of aromatic carboxylic acids is 1. The zero-order valence-electron chi connectivity index (χ0n) is 11.0. The summed E-state index contributed by atoms with van der Waals surface area (Å²) >= 11 is 0. The number of carboxylic acid groups (broad SMARTS) is 1. The maximum atomic E-state index is 12.7. The molecule has 3 heteroatoms. The molecule has 3 nitrogen and oxygen atoms in total. The van der Waals surface area contributed by atoms with E-state index >= 15 is 0 Å². The zero-order valence-corrected chi connectivity index (χ0v) is 11.0. The van der Waals surface area contributed by atoms with Crippen LogP contribution in [0, 0.1) is 0 Å². The highest BCUT2D eigenvalue weighted by Gasteiger charge is 2.25. The molecule has 0 amide bonds. The van der Waals surface area contributed by atoms with Crippen LogP contribution in [0.3, 0.4) is 0 Å². The minimum Gasteiger partial charge on any atom is -0.478 e. The summed E-state index contributed by atoms with van der Waals surface area (Å²) < 4.78 is 0. The van der Waals surface area contributed by atoms with Crippen molar-refractivity contribution in [3.63, 3.8) is 0 Å². The molecule has 100 valence electrons. The predicted molar refractivity (Wildman–Crippen MR) is 79.8 cm³/mol. The van der Waals surface area contributed by atoms with Crippen molar-refractivity contribution in [1.82, 2.24) is 0 Å². The number of rotatable bonds is 1. The van der Waals surface area contributed by atoms with Crippen LogP contribution in [0.25, 0.3) is 21.9 Å². The Kier molecular flexibility index (Phi) is 2.27. The summed E-state index contributed by atoms with van der Waals surface area (Å²) in [6.45, 7) is 0. The highest BCUT2D eigenvalue weighted by atomic mass is 16.4. The Labute approximate surface area is 120 Å². The third kappa shape index (κ3) is 1.54. The Balaban J connectivity index is 2.14. The van der Waals surface area contributed by atoms with E-state index in [2.05, 4.69) is 0 Å². The summed E-state index contributed by atoms with van der Waals surface area (Å²) in [5.41, 5.74) is 3.01. The van der Waals surface area contributed by atoms with E-state index in [9.17, 15) is 9.59 Å². The molecular weight excluding hydrogens is 264 g/mol. The van der Waals surface area contributed by atoms with Crippen molar-refractivity contribution in [2.75, 3.05) is 0 Å². The molecule has 4 rings (SSSR count). The number of carbonyl (C=O) groups excluding carboxylic acids is 1. The van der Waals surface area contributed by atoms with Crippen molar-refractivity contribution >= 4 is 22.5 Å². The molecule has 0 heterocycles. The number of benzene rings is 3. The molecule has 0 atom stereocenters. The lowest BCUT2D eigenvalue weighted by Crippen LogP contribution is -2.11. The molecule has 1 aliphatic rings. The summed E-state index contributed by atoms with van der Waals surface area (Å²) in [6.07, 6.45) is 0. The minimum absolute atomic E-state index is 0.114. The van der Waals surface area contributed by atoms with Crippen LogP contribution in [0.15, 0.2) is 54.6 Å². The topological polar surface area (TPSA) is 54.4 Å². The van der Waals surface area contributed by atoms with Gasteiger partial charge in [0.1, 0.15) is 0 Å². The van der Waals surface area contributed by atoms with Crippen molar-refractivity contribution in [1.29, 1.82) is 0 Å². The van der Waals surface area contributed by atoms with Gasteiger partial charge in [-0.3, -0.25) is 4.79 Å². The number of hydrogen-bond donors (Lipinski definition) is 1. The Hall–Kier alpha value is -2.94. The van der Waals surface area contributed by atoms with Crippen LogP contribution in [0.2, 0.25) is 0 Å². The lowest BCUT2D eigenvalue weighted by atomic mass is 9.82. The summed E-state index contributed by atoms with van der Waals surface area (Å²) in [5.74, 6) is -1.14. The second-order valence-corrected chi connectivity index (χ2v) is 5.10. The number of fused-ring (bicyclic) bond motifs is 2. The highest BCUT2D eigenvalue weighted by molar-refractivity contribution is 6.26. The smallest absolute Gasteiger partial charge is 0.335 e. The largest absolute Gasteiger partial charge is 0.478 e. The van der Waals surface area contributed by atoms with Crippen LogP contribution in [0.4, 0.5) is 0 Å². The van der Waals surface area contributed by atoms with Gasteiger partial charge in [-0.2, -0.15) is 0 Å². The van der Waals surface area contributed by atoms with Crippen LogP contribution in [-0.2, 0) is 0 Å². The third-order valence-corrected chi connectivity index (χ3v) is 3.95. The van der Waals surface area contributed by atoms with Crippen LogP contribution in [-0.4, -0.2) is 16.9 Å². The molecule has 0 aliphatic heterocycles. The van der Waals surface area contributed by atoms with Gasteiger partial charge in [0, 0.05) is 16.5 Å². The van der Waals surface area contributed by atoms with Crippen molar-refractivity contribution in [2.45, 2.75) is 0 Å². The third-order valence-electron chi connectivity index (χ3n) is 3.95. The normalized spacial score (nSPS) is 12.3. The fraction of sp³-hybridized carbons (Fsp3) is 0. The Morgan fingerprint density at radius 1 is 0.810 bits per heavy atom. The van der Waals surface area contributed by atoms with Gasteiger partial charge in [-0.25, -0.2) is 4.79 Å². The molecule has 1 aliphatic carbocycles. The summed E-state index contributed by atoms with van der Waals surface area (Å²) in [5, 5.41) is 11.1. The minimum atomic E-state index is -1.03. The van der Waals surface area contributed by atoms with Gasteiger partial charge in [-0.15, -0.1) is 0 Å². The molecule has 3 aromatic carbocycles.